The molecule has 0 spiro atoms. The molecule has 0 bridgehead atoms. The highest BCUT2D eigenvalue weighted by molar-refractivity contribution is 5.95. The number of amides is 2. The quantitative estimate of drug-likeness (QED) is 0.934. The number of nitrogens with zero attached hydrogens (tertiary/aromatic N) is 2. The molecule has 0 unspecified atom stereocenters. The molecule has 2 aromatic rings. The summed E-state index contributed by atoms with van der Waals surface area (Å²) < 4.78 is 7.16. The molecule has 1 aliphatic heterocycles. The van der Waals surface area contributed by atoms with Gasteiger partial charge in [0.2, 0.25) is 11.8 Å². The fraction of sp³-hybridized carbons (Fsp3) is 0.412. The van der Waals surface area contributed by atoms with Crippen molar-refractivity contribution in [1.82, 2.24) is 9.47 Å². The van der Waals surface area contributed by atoms with Crippen LogP contribution in [0.4, 0.5) is 5.69 Å². The molecule has 1 saturated heterocycles. The highest BCUT2D eigenvalue weighted by Gasteiger charge is 2.23. The van der Waals surface area contributed by atoms with E-state index >= 15 is 0 Å². The predicted octanol–water partition coefficient (Wildman–Crippen LogP) is 1.70. The van der Waals surface area contributed by atoms with Crippen molar-refractivity contribution in [3.05, 3.63) is 30.5 Å². The summed E-state index contributed by atoms with van der Waals surface area (Å²) in [5.41, 5.74) is 1.74. The number of nitrogens with one attached hydrogen (secondary N) is 1. The number of ether oxygens (including phenoxy) is 1. The standard InChI is InChI=1S/C17H21N3O3/c1-19(2)16(21)10-20-7-5-12-9-14(3-4-15(12)20)18-17(22)13-6-8-23-11-13/h3-5,7,9,13H,6,8,10-11H2,1-2H3,(H,18,22)/t13-/m0/s1. The van der Waals surface area contributed by atoms with E-state index in [0.717, 1.165) is 23.0 Å². The lowest BCUT2D eigenvalue weighted by molar-refractivity contribution is -0.129. The molecule has 6 nitrogen and oxygen atoms in total. The van der Waals surface area contributed by atoms with Gasteiger partial charge in [-0.25, -0.2) is 0 Å². The van der Waals surface area contributed by atoms with Crippen LogP contribution >= 0.6 is 0 Å². The molecular weight excluding hydrogens is 294 g/mol. The summed E-state index contributed by atoms with van der Waals surface area (Å²) in [5, 5.41) is 3.94. The second-order valence-corrected chi connectivity index (χ2v) is 6.06. The largest absolute Gasteiger partial charge is 0.381 e. The molecule has 0 saturated carbocycles. The van der Waals surface area contributed by atoms with E-state index in [0.29, 0.717) is 19.8 Å². The third-order valence-corrected chi connectivity index (χ3v) is 4.14. The zero-order valence-electron chi connectivity index (χ0n) is 13.4. The molecule has 1 aliphatic rings. The second kappa shape index (κ2) is 6.42. The molecule has 3 rings (SSSR count). The maximum absolute atomic E-state index is 12.1. The van der Waals surface area contributed by atoms with Crippen molar-refractivity contribution in [3.63, 3.8) is 0 Å². The Morgan fingerprint density at radius 2 is 2.17 bits per heavy atom. The Hall–Kier alpha value is -2.34. The Balaban J connectivity index is 1.75. The van der Waals surface area contributed by atoms with E-state index in [1.54, 1.807) is 19.0 Å². The molecule has 1 aromatic heterocycles. The van der Waals surface area contributed by atoms with Crippen LogP contribution in [0, 0.1) is 5.92 Å². The van der Waals surface area contributed by atoms with E-state index in [1.165, 1.54) is 0 Å². The van der Waals surface area contributed by atoms with Crippen LogP contribution in [0.3, 0.4) is 0 Å². The Morgan fingerprint density at radius 1 is 1.35 bits per heavy atom. The van der Waals surface area contributed by atoms with Crippen LogP contribution in [0.15, 0.2) is 30.5 Å². The number of likely N-dealkylation sites (N-methyl/N-ethyl adjacent to an activating group) is 1. The number of hydrogen-bond acceptors (Lipinski definition) is 3. The first kappa shape index (κ1) is 15.6. The van der Waals surface area contributed by atoms with Gasteiger partial charge in [0, 0.05) is 43.5 Å². The SMILES string of the molecule is CN(C)C(=O)Cn1ccc2cc(NC(=O)[C@H]3CCOC3)ccc21. The van der Waals surface area contributed by atoms with Gasteiger partial charge in [-0.3, -0.25) is 9.59 Å². The van der Waals surface area contributed by atoms with Crippen molar-refractivity contribution in [2.45, 2.75) is 13.0 Å². The van der Waals surface area contributed by atoms with E-state index in [1.807, 2.05) is 35.0 Å². The van der Waals surface area contributed by atoms with E-state index < -0.39 is 0 Å². The zero-order valence-corrected chi connectivity index (χ0v) is 13.4. The van der Waals surface area contributed by atoms with Gasteiger partial charge in [-0.2, -0.15) is 0 Å². The monoisotopic (exact) mass is 315 g/mol. The topological polar surface area (TPSA) is 63.6 Å². The summed E-state index contributed by atoms with van der Waals surface area (Å²) in [6.07, 6.45) is 2.67. The third kappa shape index (κ3) is 3.37. The molecule has 2 amide bonds. The fourth-order valence-corrected chi connectivity index (χ4v) is 2.69. The summed E-state index contributed by atoms with van der Waals surface area (Å²) in [6, 6.07) is 7.68. The van der Waals surface area contributed by atoms with E-state index in [4.69, 9.17) is 4.74 Å². The first-order valence-electron chi connectivity index (χ1n) is 7.72. The van der Waals surface area contributed by atoms with Crippen molar-refractivity contribution < 1.29 is 14.3 Å². The number of aromatic nitrogens is 1. The summed E-state index contributed by atoms with van der Waals surface area (Å²) in [7, 11) is 3.49. The maximum atomic E-state index is 12.1. The summed E-state index contributed by atoms with van der Waals surface area (Å²) in [4.78, 5) is 25.6. The highest BCUT2D eigenvalue weighted by Crippen LogP contribution is 2.22. The molecule has 1 aromatic carbocycles. The normalized spacial score (nSPS) is 17.4. The maximum Gasteiger partial charge on any atom is 0.241 e. The van der Waals surface area contributed by atoms with Gasteiger partial charge in [-0.05, 0) is 30.7 Å². The predicted molar refractivity (Wildman–Crippen MR) is 88.2 cm³/mol. The lowest BCUT2D eigenvalue weighted by Gasteiger charge is -2.12. The van der Waals surface area contributed by atoms with Crippen LogP contribution in [-0.4, -0.2) is 48.6 Å². The van der Waals surface area contributed by atoms with Gasteiger partial charge < -0.3 is 19.5 Å². The lowest BCUT2D eigenvalue weighted by Crippen LogP contribution is -2.25. The first-order chi connectivity index (χ1) is 11.0. The summed E-state index contributed by atoms with van der Waals surface area (Å²) in [5.74, 6) is -0.0156. The van der Waals surface area contributed by atoms with Crippen molar-refractivity contribution in [3.8, 4) is 0 Å². The molecule has 1 N–H and O–H groups in total. The van der Waals surface area contributed by atoms with E-state index in [2.05, 4.69) is 5.32 Å². The minimum Gasteiger partial charge on any atom is -0.381 e. The molecule has 0 aliphatic carbocycles. The van der Waals surface area contributed by atoms with Crippen molar-refractivity contribution in [1.29, 1.82) is 0 Å². The summed E-state index contributed by atoms with van der Waals surface area (Å²) in [6.45, 7) is 1.46. The number of carbonyl (C=O) groups is 2. The molecule has 1 atom stereocenters. The smallest absolute Gasteiger partial charge is 0.241 e. The Morgan fingerprint density at radius 3 is 2.87 bits per heavy atom. The van der Waals surface area contributed by atoms with Crippen LogP contribution in [0.2, 0.25) is 0 Å². The first-order valence-corrected chi connectivity index (χ1v) is 7.72. The Bertz CT molecular complexity index is 730. The Kier molecular flexibility index (Phi) is 4.34. The Labute approximate surface area is 135 Å². The van der Waals surface area contributed by atoms with Gasteiger partial charge in [0.25, 0.3) is 0 Å². The number of anilines is 1. The van der Waals surface area contributed by atoms with E-state index in [-0.39, 0.29) is 17.7 Å². The molecule has 0 radical (unpaired) electrons. The fourth-order valence-electron chi connectivity index (χ4n) is 2.69. The van der Waals surface area contributed by atoms with Gasteiger partial charge in [-0.15, -0.1) is 0 Å². The number of benzene rings is 1. The highest BCUT2D eigenvalue weighted by atomic mass is 16.5. The number of carbonyl (C=O) groups excluding carboxylic acids is 2. The zero-order chi connectivity index (χ0) is 16.4. The van der Waals surface area contributed by atoms with Crippen molar-refractivity contribution in [2.75, 3.05) is 32.6 Å². The van der Waals surface area contributed by atoms with Crippen molar-refractivity contribution >= 4 is 28.4 Å². The average molecular weight is 315 g/mol. The van der Waals surface area contributed by atoms with Crippen LogP contribution in [-0.2, 0) is 20.9 Å². The molecule has 2 heterocycles. The lowest BCUT2D eigenvalue weighted by atomic mass is 10.1. The molecule has 23 heavy (non-hydrogen) atoms. The van der Waals surface area contributed by atoms with Gasteiger partial charge in [0.05, 0.1) is 12.5 Å². The second-order valence-electron chi connectivity index (χ2n) is 6.06. The van der Waals surface area contributed by atoms with Gasteiger partial charge in [0.15, 0.2) is 0 Å². The molecule has 6 heteroatoms. The molecule has 122 valence electrons. The van der Waals surface area contributed by atoms with Gasteiger partial charge >= 0.3 is 0 Å². The number of hydrogen-bond donors (Lipinski definition) is 1. The van der Waals surface area contributed by atoms with E-state index in [9.17, 15) is 9.59 Å². The van der Waals surface area contributed by atoms with Gasteiger partial charge in [0.1, 0.15) is 6.54 Å². The molecular formula is C17H21N3O3. The average Bonchev–Trinajstić information content (AvgIpc) is 3.17. The van der Waals surface area contributed by atoms with Crippen molar-refractivity contribution in [2.24, 2.45) is 5.92 Å². The van der Waals surface area contributed by atoms with Gasteiger partial charge in [-0.1, -0.05) is 0 Å². The summed E-state index contributed by atoms with van der Waals surface area (Å²) >= 11 is 0. The van der Waals surface area contributed by atoms with Crippen LogP contribution in [0.1, 0.15) is 6.42 Å². The minimum absolute atomic E-state index is 0.00377. The minimum atomic E-state index is -0.0620. The number of rotatable bonds is 4. The van der Waals surface area contributed by atoms with Crippen LogP contribution in [0.5, 0.6) is 0 Å². The van der Waals surface area contributed by atoms with Crippen LogP contribution < -0.4 is 5.32 Å². The number of fused-ring (bicyclic) bond motifs is 1. The third-order valence-electron chi connectivity index (χ3n) is 4.14. The molecule has 1 fully saturated rings. The van der Waals surface area contributed by atoms with Crippen LogP contribution in [0.25, 0.3) is 10.9 Å².